The second-order valence-corrected chi connectivity index (χ2v) is 4.18. The van der Waals surface area contributed by atoms with Gasteiger partial charge in [-0.1, -0.05) is 18.3 Å². The second kappa shape index (κ2) is 5.62. The van der Waals surface area contributed by atoms with Gasteiger partial charge in [0.15, 0.2) is 0 Å². The number of methoxy groups -OCH3 is 1. The van der Waals surface area contributed by atoms with Crippen LogP contribution in [-0.2, 0) is 0 Å². The summed E-state index contributed by atoms with van der Waals surface area (Å²) in [6.07, 6.45) is 1.58. The van der Waals surface area contributed by atoms with Crippen LogP contribution in [-0.4, -0.2) is 17.1 Å². The van der Waals surface area contributed by atoms with Gasteiger partial charge in [-0.15, -0.1) is 0 Å². The lowest BCUT2D eigenvalue weighted by atomic mass is 10.1. The molecule has 2 rings (SSSR count). The van der Waals surface area contributed by atoms with Crippen molar-refractivity contribution < 1.29 is 9.13 Å². The Bertz CT molecular complexity index is 601. The van der Waals surface area contributed by atoms with Crippen LogP contribution in [0.2, 0.25) is 0 Å². The van der Waals surface area contributed by atoms with Crippen LogP contribution in [0.3, 0.4) is 0 Å². The van der Waals surface area contributed by atoms with Gasteiger partial charge < -0.3 is 15.8 Å². The second-order valence-electron chi connectivity index (χ2n) is 3.74. The van der Waals surface area contributed by atoms with Gasteiger partial charge in [0, 0.05) is 6.07 Å². The summed E-state index contributed by atoms with van der Waals surface area (Å²) in [7, 11) is 1.53. The van der Waals surface area contributed by atoms with E-state index in [1.165, 1.54) is 13.2 Å². The van der Waals surface area contributed by atoms with Crippen molar-refractivity contribution in [2.75, 3.05) is 12.4 Å². The molecule has 0 bridgehead atoms. The summed E-state index contributed by atoms with van der Waals surface area (Å²) >= 11 is 4.85. The molecule has 0 radical (unpaired) electrons. The third kappa shape index (κ3) is 2.97. The summed E-state index contributed by atoms with van der Waals surface area (Å²) in [6.45, 7) is 0. The lowest BCUT2D eigenvalue weighted by Gasteiger charge is -2.11. The maximum Gasteiger partial charge on any atom is 0.213 e. The molecule has 0 saturated heterocycles. The summed E-state index contributed by atoms with van der Waals surface area (Å²) in [4.78, 5) is 4.05. The number of pyridine rings is 1. The van der Waals surface area contributed by atoms with Crippen LogP contribution >= 0.6 is 12.2 Å². The van der Waals surface area contributed by atoms with E-state index in [9.17, 15) is 4.39 Å². The fraction of sp³-hybridized carbons (Fsp3) is 0.0769. The summed E-state index contributed by atoms with van der Waals surface area (Å²) in [6, 6.07) is 8.05. The number of rotatable bonds is 4. The molecule has 1 aromatic carbocycles. The van der Waals surface area contributed by atoms with Crippen LogP contribution in [0.5, 0.6) is 5.88 Å². The third-order valence-electron chi connectivity index (χ3n) is 2.48. The fourth-order valence-electron chi connectivity index (χ4n) is 1.61. The Morgan fingerprint density at radius 2 is 2.16 bits per heavy atom. The highest BCUT2D eigenvalue weighted by atomic mass is 32.1. The third-order valence-corrected chi connectivity index (χ3v) is 2.69. The summed E-state index contributed by atoms with van der Waals surface area (Å²) in [5, 5.41) is 3.02. The van der Waals surface area contributed by atoms with Gasteiger partial charge >= 0.3 is 0 Å². The zero-order valence-electron chi connectivity index (χ0n) is 10.2. The maximum atomic E-state index is 13.7. The fourth-order valence-corrected chi connectivity index (χ4v) is 1.82. The van der Waals surface area contributed by atoms with Gasteiger partial charge in [-0.25, -0.2) is 9.37 Å². The standard InChI is InChI=1S/C13H12FN3OS/c1-18-11-6-5-8(7-16-11)17-10-4-2-3-9(14)12(10)13(15)19/h2-7,17H,1H3,(H2,15,19). The van der Waals surface area contributed by atoms with E-state index in [1.807, 2.05) is 0 Å². The molecule has 4 nitrogen and oxygen atoms in total. The Balaban J connectivity index is 2.32. The largest absolute Gasteiger partial charge is 0.481 e. The molecule has 19 heavy (non-hydrogen) atoms. The quantitative estimate of drug-likeness (QED) is 0.841. The van der Waals surface area contributed by atoms with Crippen molar-refractivity contribution in [3.63, 3.8) is 0 Å². The average molecular weight is 277 g/mol. The molecule has 1 heterocycles. The number of hydrogen-bond donors (Lipinski definition) is 2. The van der Waals surface area contributed by atoms with E-state index in [4.69, 9.17) is 22.7 Å². The first-order chi connectivity index (χ1) is 9.11. The Labute approximate surface area is 115 Å². The SMILES string of the molecule is COc1ccc(Nc2cccc(F)c2C(N)=S)cn1. The van der Waals surface area contributed by atoms with Crippen molar-refractivity contribution in [3.8, 4) is 5.88 Å². The number of anilines is 2. The minimum atomic E-state index is -0.459. The van der Waals surface area contributed by atoms with Gasteiger partial charge in [0.1, 0.15) is 10.8 Å². The molecule has 0 atom stereocenters. The Morgan fingerprint density at radius 3 is 2.74 bits per heavy atom. The molecule has 0 fully saturated rings. The van der Waals surface area contributed by atoms with Crippen LogP contribution in [0.4, 0.5) is 15.8 Å². The number of ether oxygens (including phenoxy) is 1. The molecule has 0 aliphatic carbocycles. The summed E-state index contributed by atoms with van der Waals surface area (Å²) in [5.41, 5.74) is 6.90. The van der Waals surface area contributed by atoms with Crippen LogP contribution in [0, 0.1) is 5.82 Å². The highest BCUT2D eigenvalue weighted by molar-refractivity contribution is 7.80. The zero-order valence-corrected chi connectivity index (χ0v) is 11.0. The molecule has 0 aliphatic rings. The van der Waals surface area contributed by atoms with E-state index in [2.05, 4.69) is 10.3 Å². The molecule has 98 valence electrons. The smallest absolute Gasteiger partial charge is 0.213 e. The average Bonchev–Trinajstić information content (AvgIpc) is 2.39. The number of nitrogens with zero attached hydrogens (tertiary/aromatic N) is 1. The van der Waals surface area contributed by atoms with Crippen molar-refractivity contribution in [2.24, 2.45) is 5.73 Å². The number of hydrogen-bond acceptors (Lipinski definition) is 4. The van der Waals surface area contributed by atoms with Gasteiger partial charge in [0.05, 0.1) is 30.2 Å². The van der Waals surface area contributed by atoms with Crippen molar-refractivity contribution in [2.45, 2.75) is 0 Å². The maximum absolute atomic E-state index is 13.7. The van der Waals surface area contributed by atoms with E-state index < -0.39 is 5.82 Å². The van der Waals surface area contributed by atoms with Crippen LogP contribution in [0.15, 0.2) is 36.5 Å². The van der Waals surface area contributed by atoms with Gasteiger partial charge in [0.25, 0.3) is 0 Å². The molecule has 0 spiro atoms. The molecule has 0 unspecified atom stereocenters. The zero-order chi connectivity index (χ0) is 13.8. The molecular formula is C13H12FN3OS. The molecule has 1 aromatic heterocycles. The van der Waals surface area contributed by atoms with E-state index in [-0.39, 0.29) is 10.6 Å². The number of benzene rings is 1. The first kappa shape index (κ1) is 13.2. The predicted molar refractivity (Wildman–Crippen MR) is 76.4 cm³/mol. The van der Waals surface area contributed by atoms with Crippen LogP contribution in [0.25, 0.3) is 0 Å². The van der Waals surface area contributed by atoms with Gasteiger partial charge in [-0.05, 0) is 18.2 Å². The van der Waals surface area contributed by atoms with Crippen LogP contribution < -0.4 is 15.8 Å². The molecule has 0 amide bonds. The molecule has 3 N–H and O–H groups in total. The number of aromatic nitrogens is 1. The molecular weight excluding hydrogens is 265 g/mol. The summed E-state index contributed by atoms with van der Waals surface area (Å²) in [5.74, 6) is 0.0401. The molecule has 0 saturated carbocycles. The normalized spacial score (nSPS) is 10.0. The molecule has 6 heteroatoms. The first-order valence-corrected chi connectivity index (χ1v) is 5.88. The van der Waals surface area contributed by atoms with E-state index in [0.29, 0.717) is 17.3 Å². The van der Waals surface area contributed by atoms with Crippen LogP contribution in [0.1, 0.15) is 5.56 Å². The van der Waals surface area contributed by atoms with E-state index in [1.54, 1.807) is 30.5 Å². The highest BCUT2D eigenvalue weighted by Gasteiger charge is 2.11. The predicted octanol–water partition coefficient (Wildman–Crippen LogP) is 2.61. The van der Waals surface area contributed by atoms with Gasteiger partial charge in [0.2, 0.25) is 5.88 Å². The van der Waals surface area contributed by atoms with Crippen molar-refractivity contribution >= 4 is 28.6 Å². The minimum Gasteiger partial charge on any atom is -0.481 e. The number of thiocarbonyl (C=S) groups is 1. The Kier molecular flexibility index (Phi) is 3.91. The lowest BCUT2D eigenvalue weighted by Crippen LogP contribution is -2.14. The van der Waals surface area contributed by atoms with Gasteiger partial charge in [-0.2, -0.15) is 0 Å². The van der Waals surface area contributed by atoms with Crippen molar-refractivity contribution in [1.29, 1.82) is 0 Å². The molecule has 0 aliphatic heterocycles. The molecule has 2 aromatic rings. The van der Waals surface area contributed by atoms with E-state index in [0.717, 1.165) is 0 Å². The Hall–Kier alpha value is -2.21. The first-order valence-electron chi connectivity index (χ1n) is 5.47. The van der Waals surface area contributed by atoms with Gasteiger partial charge in [-0.3, -0.25) is 0 Å². The number of nitrogens with two attached hydrogens (primary N) is 1. The monoisotopic (exact) mass is 277 g/mol. The van der Waals surface area contributed by atoms with Crippen molar-refractivity contribution in [3.05, 3.63) is 47.9 Å². The van der Waals surface area contributed by atoms with E-state index >= 15 is 0 Å². The summed E-state index contributed by atoms with van der Waals surface area (Å²) < 4.78 is 18.6. The topological polar surface area (TPSA) is 60.2 Å². The number of halogens is 1. The highest BCUT2D eigenvalue weighted by Crippen LogP contribution is 2.23. The van der Waals surface area contributed by atoms with Crippen molar-refractivity contribution in [1.82, 2.24) is 4.98 Å². The lowest BCUT2D eigenvalue weighted by molar-refractivity contribution is 0.398. The Morgan fingerprint density at radius 1 is 1.37 bits per heavy atom. The number of nitrogens with one attached hydrogen (secondary N) is 1. The minimum absolute atomic E-state index is 0.00192.